The number of likely N-dealkylation sites (N-methyl/N-ethyl adjacent to an activating group) is 1. The Kier molecular flexibility index (Phi) is 5.85. The van der Waals surface area contributed by atoms with E-state index in [4.69, 9.17) is 14.9 Å². The molecule has 4 nitrogen and oxygen atoms in total. The highest BCUT2D eigenvalue weighted by molar-refractivity contribution is 5.26. The summed E-state index contributed by atoms with van der Waals surface area (Å²) in [7, 11) is 1.82. The van der Waals surface area contributed by atoms with Crippen molar-refractivity contribution in [3.63, 3.8) is 0 Å². The first-order chi connectivity index (χ1) is 7.80. The lowest BCUT2D eigenvalue weighted by Gasteiger charge is -2.13. The molecule has 0 saturated carbocycles. The van der Waals surface area contributed by atoms with E-state index in [1.54, 1.807) is 0 Å². The molecule has 16 heavy (non-hydrogen) atoms. The van der Waals surface area contributed by atoms with E-state index in [0.29, 0.717) is 6.61 Å². The van der Waals surface area contributed by atoms with Crippen molar-refractivity contribution in [1.29, 1.82) is 0 Å². The lowest BCUT2D eigenvalue weighted by molar-refractivity contribution is 0.214. The maximum Gasteiger partial charge on any atom is 0.119 e. The number of ether oxygens (including phenoxy) is 1. The van der Waals surface area contributed by atoms with Gasteiger partial charge in [0.05, 0.1) is 19.8 Å². The van der Waals surface area contributed by atoms with E-state index in [1.165, 1.54) is 0 Å². The maximum atomic E-state index is 8.95. The molecule has 90 valence electrons. The molecule has 1 aromatic carbocycles. The van der Waals surface area contributed by atoms with Crippen molar-refractivity contribution in [2.75, 3.05) is 20.3 Å². The molecule has 1 aromatic rings. The Labute approximate surface area is 95.9 Å². The molecule has 0 spiro atoms. The fraction of sp³-hybridized carbons (Fsp3) is 0.500. The first-order valence-corrected chi connectivity index (χ1v) is 5.41. The highest BCUT2D eigenvalue weighted by Gasteiger charge is 2.03. The van der Waals surface area contributed by atoms with Gasteiger partial charge in [-0.2, -0.15) is 0 Å². The zero-order valence-corrected chi connectivity index (χ0v) is 9.52. The third-order valence-corrected chi connectivity index (χ3v) is 2.47. The van der Waals surface area contributed by atoms with Gasteiger partial charge in [-0.1, -0.05) is 12.1 Å². The molecule has 0 aliphatic rings. The number of benzene rings is 1. The molecule has 0 aromatic heterocycles. The van der Waals surface area contributed by atoms with Crippen LogP contribution in [0.3, 0.4) is 0 Å². The average molecular weight is 225 g/mol. The van der Waals surface area contributed by atoms with Crippen LogP contribution in [0.25, 0.3) is 0 Å². The summed E-state index contributed by atoms with van der Waals surface area (Å²) in [6.45, 7) is 0.723. The van der Waals surface area contributed by atoms with E-state index in [1.807, 2.05) is 31.3 Å². The van der Waals surface area contributed by atoms with Gasteiger partial charge in [0.15, 0.2) is 0 Å². The van der Waals surface area contributed by atoms with Gasteiger partial charge in [0.1, 0.15) is 5.75 Å². The summed E-state index contributed by atoms with van der Waals surface area (Å²) in [6, 6.07) is 7.41. The number of rotatable bonds is 7. The van der Waals surface area contributed by atoms with Gasteiger partial charge in [0.2, 0.25) is 0 Å². The first-order valence-electron chi connectivity index (χ1n) is 5.41. The molecule has 0 aliphatic heterocycles. The van der Waals surface area contributed by atoms with E-state index in [9.17, 15) is 0 Å². The Morgan fingerprint density at radius 3 is 2.44 bits per heavy atom. The zero-order valence-electron chi connectivity index (χ0n) is 9.52. The average Bonchev–Trinajstić information content (AvgIpc) is 2.35. The van der Waals surface area contributed by atoms with Crippen molar-refractivity contribution in [2.24, 2.45) is 0 Å². The maximum absolute atomic E-state index is 8.95. The molecule has 0 heterocycles. The molecule has 4 heteroatoms. The molecule has 0 amide bonds. The van der Waals surface area contributed by atoms with Crippen LogP contribution in [0.1, 0.15) is 12.0 Å². The molecule has 3 N–H and O–H groups in total. The standard InChI is InChI=1S/C12H19NO3/c1-13-11(9-15)6-7-16-12-4-2-10(8-14)3-5-12/h2-5,11,13-15H,6-9H2,1H3. The SMILES string of the molecule is CNC(CO)CCOc1ccc(CO)cc1. The predicted octanol–water partition coefficient (Wildman–Crippen LogP) is 0.528. The minimum Gasteiger partial charge on any atom is -0.494 e. The summed E-state index contributed by atoms with van der Waals surface area (Å²) < 4.78 is 5.51. The lowest BCUT2D eigenvalue weighted by Crippen LogP contribution is -2.30. The fourth-order valence-corrected chi connectivity index (χ4v) is 1.34. The second-order valence-corrected chi connectivity index (χ2v) is 3.61. The normalized spacial score (nSPS) is 12.4. The lowest BCUT2D eigenvalue weighted by atomic mass is 10.2. The van der Waals surface area contributed by atoms with Crippen molar-refractivity contribution in [3.05, 3.63) is 29.8 Å². The van der Waals surface area contributed by atoms with Crippen LogP contribution in [-0.4, -0.2) is 36.5 Å². The third-order valence-electron chi connectivity index (χ3n) is 2.47. The van der Waals surface area contributed by atoms with Gasteiger partial charge in [0.25, 0.3) is 0 Å². The van der Waals surface area contributed by atoms with Gasteiger partial charge in [-0.15, -0.1) is 0 Å². The highest BCUT2D eigenvalue weighted by atomic mass is 16.5. The Morgan fingerprint density at radius 2 is 1.94 bits per heavy atom. The largest absolute Gasteiger partial charge is 0.494 e. The molecule has 0 bridgehead atoms. The Bertz CT molecular complexity index is 283. The quantitative estimate of drug-likeness (QED) is 0.633. The highest BCUT2D eigenvalue weighted by Crippen LogP contribution is 2.12. The second kappa shape index (κ2) is 7.22. The van der Waals surface area contributed by atoms with Crippen molar-refractivity contribution < 1.29 is 14.9 Å². The number of hydrogen-bond acceptors (Lipinski definition) is 4. The Hall–Kier alpha value is -1.10. The number of nitrogens with one attached hydrogen (secondary N) is 1. The van der Waals surface area contributed by atoms with Crippen LogP contribution < -0.4 is 10.1 Å². The van der Waals surface area contributed by atoms with Crippen LogP contribution in [0, 0.1) is 0 Å². The van der Waals surface area contributed by atoms with Crippen LogP contribution in [0.5, 0.6) is 5.75 Å². The van der Waals surface area contributed by atoms with Crippen LogP contribution in [0.15, 0.2) is 24.3 Å². The zero-order chi connectivity index (χ0) is 11.8. The van der Waals surface area contributed by atoms with Crippen LogP contribution >= 0.6 is 0 Å². The van der Waals surface area contributed by atoms with Crippen LogP contribution in [0.2, 0.25) is 0 Å². The van der Waals surface area contributed by atoms with Gasteiger partial charge in [0, 0.05) is 6.04 Å². The minimum absolute atomic E-state index is 0.0482. The topological polar surface area (TPSA) is 61.7 Å². The van der Waals surface area contributed by atoms with Crippen molar-refractivity contribution in [1.82, 2.24) is 5.32 Å². The summed E-state index contributed by atoms with van der Waals surface area (Å²) in [6.07, 6.45) is 0.759. The summed E-state index contributed by atoms with van der Waals surface area (Å²) in [5.41, 5.74) is 0.871. The Balaban J connectivity index is 2.31. The third kappa shape index (κ3) is 4.18. The number of aliphatic hydroxyl groups is 2. The molecule has 1 rings (SSSR count). The summed E-state index contributed by atoms with van der Waals surface area (Å²) >= 11 is 0. The van der Waals surface area contributed by atoms with E-state index < -0.39 is 0 Å². The molecule has 1 unspecified atom stereocenters. The van der Waals surface area contributed by atoms with Crippen LogP contribution in [-0.2, 0) is 6.61 Å². The summed E-state index contributed by atoms with van der Waals surface area (Å²) in [4.78, 5) is 0. The monoisotopic (exact) mass is 225 g/mol. The Morgan fingerprint density at radius 1 is 1.25 bits per heavy atom. The van der Waals surface area contributed by atoms with Gasteiger partial charge >= 0.3 is 0 Å². The van der Waals surface area contributed by atoms with E-state index >= 15 is 0 Å². The second-order valence-electron chi connectivity index (χ2n) is 3.61. The molecule has 0 fully saturated rings. The number of aliphatic hydroxyl groups excluding tert-OH is 2. The van der Waals surface area contributed by atoms with Gasteiger partial charge in [-0.3, -0.25) is 0 Å². The van der Waals surface area contributed by atoms with Crippen molar-refractivity contribution in [2.45, 2.75) is 19.1 Å². The van der Waals surface area contributed by atoms with Crippen LogP contribution in [0.4, 0.5) is 0 Å². The summed E-state index contributed by atoms with van der Waals surface area (Å²) in [5, 5.41) is 20.8. The van der Waals surface area contributed by atoms with Gasteiger partial charge in [-0.05, 0) is 31.2 Å². The van der Waals surface area contributed by atoms with Crippen molar-refractivity contribution in [3.8, 4) is 5.75 Å². The van der Waals surface area contributed by atoms with Gasteiger partial charge in [-0.25, -0.2) is 0 Å². The van der Waals surface area contributed by atoms with E-state index in [-0.39, 0.29) is 19.3 Å². The smallest absolute Gasteiger partial charge is 0.119 e. The molecule has 0 saturated heterocycles. The molecule has 0 radical (unpaired) electrons. The fourth-order valence-electron chi connectivity index (χ4n) is 1.34. The molecule has 1 atom stereocenters. The predicted molar refractivity (Wildman–Crippen MR) is 62.4 cm³/mol. The van der Waals surface area contributed by atoms with Gasteiger partial charge < -0.3 is 20.3 Å². The van der Waals surface area contributed by atoms with E-state index in [0.717, 1.165) is 17.7 Å². The molecule has 0 aliphatic carbocycles. The summed E-state index contributed by atoms with van der Waals surface area (Å²) in [5.74, 6) is 0.782. The first kappa shape index (κ1) is 13.0. The number of hydrogen-bond donors (Lipinski definition) is 3. The van der Waals surface area contributed by atoms with Crippen molar-refractivity contribution >= 4 is 0 Å². The molecular weight excluding hydrogens is 206 g/mol. The molecular formula is C12H19NO3. The van der Waals surface area contributed by atoms with E-state index in [2.05, 4.69) is 5.32 Å². The minimum atomic E-state index is 0.0482.